The van der Waals surface area contributed by atoms with Gasteiger partial charge < -0.3 is 14.6 Å². The standard InChI is InChI=1S/C11H10O4/c12-11(13)10-7-14-9(6-15-10)8-4-2-1-3-5-8/h1-2,4,6-7H,3,5H2,(H,12,13). The first-order valence-corrected chi connectivity index (χ1v) is 4.60. The third-order valence-electron chi connectivity index (χ3n) is 2.13. The van der Waals surface area contributed by atoms with Crippen LogP contribution in [0.3, 0.4) is 0 Å². The molecule has 0 aromatic carbocycles. The van der Waals surface area contributed by atoms with E-state index in [1.165, 1.54) is 6.26 Å². The number of carboxylic acids is 1. The van der Waals surface area contributed by atoms with Crippen LogP contribution < -0.4 is 0 Å². The second kappa shape index (κ2) is 4.04. The van der Waals surface area contributed by atoms with Crippen LogP contribution in [0.1, 0.15) is 12.8 Å². The zero-order valence-electron chi connectivity index (χ0n) is 7.97. The van der Waals surface area contributed by atoms with Crippen molar-refractivity contribution in [2.45, 2.75) is 12.8 Å². The van der Waals surface area contributed by atoms with Crippen LogP contribution in [0.2, 0.25) is 0 Å². The van der Waals surface area contributed by atoms with Crippen LogP contribution in [0.15, 0.2) is 47.8 Å². The Labute approximate surface area is 86.8 Å². The van der Waals surface area contributed by atoms with E-state index in [-0.39, 0.29) is 5.76 Å². The minimum absolute atomic E-state index is 0.203. The third-order valence-corrected chi connectivity index (χ3v) is 2.13. The van der Waals surface area contributed by atoms with Crippen molar-refractivity contribution in [3.63, 3.8) is 0 Å². The van der Waals surface area contributed by atoms with Gasteiger partial charge in [0, 0.05) is 0 Å². The monoisotopic (exact) mass is 206 g/mol. The van der Waals surface area contributed by atoms with Crippen LogP contribution in [0.25, 0.3) is 0 Å². The molecule has 15 heavy (non-hydrogen) atoms. The molecule has 2 rings (SSSR count). The Morgan fingerprint density at radius 2 is 2.20 bits per heavy atom. The second-order valence-corrected chi connectivity index (χ2v) is 3.16. The number of ether oxygens (including phenoxy) is 2. The topological polar surface area (TPSA) is 55.8 Å². The van der Waals surface area contributed by atoms with Crippen molar-refractivity contribution in [3.05, 3.63) is 47.8 Å². The predicted octanol–water partition coefficient (Wildman–Crippen LogP) is 2.08. The number of aliphatic carboxylic acids is 1. The van der Waals surface area contributed by atoms with E-state index in [4.69, 9.17) is 14.6 Å². The molecular weight excluding hydrogens is 196 g/mol. The molecule has 0 spiro atoms. The summed E-state index contributed by atoms with van der Waals surface area (Å²) in [6.45, 7) is 0. The number of carboxylic acid groups (broad SMARTS) is 1. The smallest absolute Gasteiger partial charge is 0.375 e. The summed E-state index contributed by atoms with van der Waals surface area (Å²) in [5.41, 5.74) is 1.01. The molecule has 1 aliphatic carbocycles. The van der Waals surface area contributed by atoms with E-state index in [1.54, 1.807) is 0 Å². The Morgan fingerprint density at radius 1 is 1.33 bits per heavy atom. The number of hydrogen-bond donors (Lipinski definition) is 1. The fraction of sp³-hybridized carbons (Fsp3) is 0.182. The minimum Gasteiger partial charge on any atom is -0.475 e. The summed E-state index contributed by atoms with van der Waals surface area (Å²) in [6.07, 6.45) is 10.2. The van der Waals surface area contributed by atoms with Crippen molar-refractivity contribution in [2.24, 2.45) is 0 Å². The Kier molecular flexibility index (Phi) is 2.58. The molecule has 0 aromatic heterocycles. The van der Waals surface area contributed by atoms with Gasteiger partial charge in [-0.15, -0.1) is 0 Å². The SMILES string of the molecule is O=C(O)C1=COC(C2=CC=CCC2)=CO1. The van der Waals surface area contributed by atoms with E-state index in [1.807, 2.05) is 12.2 Å². The summed E-state index contributed by atoms with van der Waals surface area (Å²) in [4.78, 5) is 10.5. The highest BCUT2D eigenvalue weighted by Crippen LogP contribution is 2.24. The Bertz CT molecular complexity index is 399. The number of allylic oxidation sites excluding steroid dienone is 4. The molecular formula is C11H10O4. The van der Waals surface area contributed by atoms with Gasteiger partial charge in [-0.1, -0.05) is 18.2 Å². The molecule has 0 saturated carbocycles. The van der Waals surface area contributed by atoms with Gasteiger partial charge >= 0.3 is 5.97 Å². The fourth-order valence-corrected chi connectivity index (χ4v) is 1.35. The summed E-state index contributed by atoms with van der Waals surface area (Å²) in [5.74, 6) is -0.766. The van der Waals surface area contributed by atoms with E-state index in [0.29, 0.717) is 5.76 Å². The fourth-order valence-electron chi connectivity index (χ4n) is 1.35. The molecule has 0 bridgehead atoms. The Hall–Kier alpha value is -1.97. The van der Waals surface area contributed by atoms with Gasteiger partial charge in [-0.05, 0) is 18.4 Å². The quantitative estimate of drug-likeness (QED) is 0.751. The van der Waals surface area contributed by atoms with Gasteiger partial charge in [0.25, 0.3) is 0 Å². The average Bonchev–Trinajstić information content (AvgIpc) is 2.30. The van der Waals surface area contributed by atoms with Crippen molar-refractivity contribution in [1.82, 2.24) is 0 Å². The van der Waals surface area contributed by atoms with Crippen LogP contribution in [0, 0.1) is 0 Å². The largest absolute Gasteiger partial charge is 0.475 e. The van der Waals surface area contributed by atoms with Crippen LogP contribution in [0.4, 0.5) is 0 Å². The molecule has 0 fully saturated rings. The maximum atomic E-state index is 10.5. The van der Waals surface area contributed by atoms with Crippen molar-refractivity contribution in [2.75, 3.05) is 0 Å². The lowest BCUT2D eigenvalue weighted by Gasteiger charge is -2.16. The molecule has 0 atom stereocenters. The van der Waals surface area contributed by atoms with Crippen LogP contribution in [-0.2, 0) is 14.3 Å². The normalized spacial score (nSPS) is 19.3. The summed E-state index contributed by atoms with van der Waals surface area (Å²) < 4.78 is 10.1. The van der Waals surface area contributed by atoms with Crippen molar-refractivity contribution in [1.29, 1.82) is 0 Å². The lowest BCUT2D eigenvalue weighted by molar-refractivity contribution is -0.136. The van der Waals surface area contributed by atoms with E-state index >= 15 is 0 Å². The maximum Gasteiger partial charge on any atom is 0.375 e. The van der Waals surface area contributed by atoms with Gasteiger partial charge in [0.1, 0.15) is 12.5 Å². The first-order valence-electron chi connectivity index (χ1n) is 4.60. The minimum atomic E-state index is -1.14. The number of hydrogen-bond acceptors (Lipinski definition) is 3. The van der Waals surface area contributed by atoms with E-state index in [0.717, 1.165) is 24.7 Å². The van der Waals surface area contributed by atoms with Crippen LogP contribution in [-0.4, -0.2) is 11.1 Å². The molecule has 1 N–H and O–H groups in total. The molecule has 0 radical (unpaired) electrons. The van der Waals surface area contributed by atoms with Gasteiger partial charge in [-0.25, -0.2) is 4.79 Å². The van der Waals surface area contributed by atoms with Crippen molar-refractivity contribution >= 4 is 5.97 Å². The highest BCUT2D eigenvalue weighted by molar-refractivity contribution is 5.84. The molecule has 0 unspecified atom stereocenters. The highest BCUT2D eigenvalue weighted by atomic mass is 16.6. The summed E-state index contributed by atoms with van der Waals surface area (Å²) in [5, 5.41) is 8.61. The van der Waals surface area contributed by atoms with Gasteiger partial charge in [-0.2, -0.15) is 0 Å². The molecule has 0 saturated heterocycles. The van der Waals surface area contributed by atoms with E-state index < -0.39 is 5.97 Å². The maximum absolute atomic E-state index is 10.5. The Morgan fingerprint density at radius 3 is 2.73 bits per heavy atom. The summed E-state index contributed by atoms with van der Waals surface area (Å²) in [6, 6.07) is 0. The highest BCUT2D eigenvalue weighted by Gasteiger charge is 2.17. The summed E-state index contributed by atoms with van der Waals surface area (Å²) >= 11 is 0. The van der Waals surface area contributed by atoms with Crippen LogP contribution in [0.5, 0.6) is 0 Å². The van der Waals surface area contributed by atoms with Gasteiger partial charge in [0.15, 0.2) is 5.76 Å². The summed E-state index contributed by atoms with van der Waals surface area (Å²) in [7, 11) is 0. The number of rotatable bonds is 2. The van der Waals surface area contributed by atoms with E-state index in [2.05, 4.69) is 6.08 Å². The third kappa shape index (κ3) is 2.10. The Balaban J connectivity index is 2.07. The van der Waals surface area contributed by atoms with Gasteiger partial charge in [0.05, 0.1) is 0 Å². The predicted molar refractivity (Wildman–Crippen MR) is 52.4 cm³/mol. The molecule has 78 valence electrons. The number of carbonyl (C=O) groups is 1. The van der Waals surface area contributed by atoms with Crippen molar-refractivity contribution in [3.8, 4) is 0 Å². The second-order valence-electron chi connectivity index (χ2n) is 3.16. The lowest BCUT2D eigenvalue weighted by atomic mass is 10.0. The molecule has 2 aliphatic rings. The molecule has 1 heterocycles. The first kappa shape index (κ1) is 9.58. The van der Waals surface area contributed by atoms with Crippen molar-refractivity contribution < 1.29 is 19.4 Å². The lowest BCUT2D eigenvalue weighted by Crippen LogP contribution is -2.08. The molecule has 4 heteroatoms. The van der Waals surface area contributed by atoms with E-state index in [9.17, 15) is 4.79 Å². The molecule has 4 nitrogen and oxygen atoms in total. The van der Waals surface area contributed by atoms with Gasteiger partial charge in [0.2, 0.25) is 5.76 Å². The molecule has 0 amide bonds. The molecule has 1 aliphatic heterocycles. The zero-order valence-corrected chi connectivity index (χ0v) is 7.97. The first-order chi connectivity index (χ1) is 7.27. The molecule has 0 aromatic rings. The zero-order chi connectivity index (χ0) is 10.7. The van der Waals surface area contributed by atoms with Gasteiger partial charge in [-0.3, -0.25) is 0 Å². The average molecular weight is 206 g/mol. The van der Waals surface area contributed by atoms with Crippen LogP contribution >= 0.6 is 0 Å².